The second-order valence-corrected chi connectivity index (χ2v) is 23.0. The van der Waals surface area contributed by atoms with E-state index in [4.69, 9.17) is 4.74 Å². The topological polar surface area (TPSA) is 249 Å². The molecule has 4 aromatic rings. The number of likely N-dealkylation sites (tertiary alicyclic amines) is 2. The van der Waals surface area contributed by atoms with E-state index in [9.17, 15) is 61.5 Å². The highest BCUT2D eigenvalue weighted by Gasteiger charge is 2.51. The Morgan fingerprint density at radius 2 is 1.68 bits per heavy atom. The number of hydrogen-bond donors (Lipinski definition) is 5. The average molecular weight is 1070 g/mol. The van der Waals surface area contributed by atoms with Gasteiger partial charge in [0.25, 0.3) is 17.7 Å². The average Bonchev–Trinajstić information content (AvgIpc) is 4.07. The van der Waals surface area contributed by atoms with Gasteiger partial charge in [-0.25, -0.2) is 0 Å². The fourth-order valence-electron chi connectivity index (χ4n) is 9.83. The Labute approximate surface area is 435 Å². The van der Waals surface area contributed by atoms with Crippen LogP contribution in [0.5, 0.6) is 0 Å². The SMILES string of the molecule is CC(C)(C)[C@H](NC(=O)c1cc2cc(C(F)(F)P(=O)(O)O)ccc2s1)C(=O)N1C[C@@H](OCC(=O)NCCCCC#Cc2ccc3c(c2)C(=O)N(C2CCC(=O)NC2=O)C3=O)C[C@H]1C(=O)N1CCC[C@H](c2ccccc2)C1. The number of fused-ring (bicyclic) bond motifs is 2. The van der Waals surface area contributed by atoms with Crippen molar-refractivity contribution in [2.75, 3.05) is 32.8 Å². The van der Waals surface area contributed by atoms with Crippen LogP contribution in [0.3, 0.4) is 0 Å². The van der Waals surface area contributed by atoms with Crippen LogP contribution in [0.2, 0.25) is 0 Å². The molecule has 0 bridgehead atoms. The van der Waals surface area contributed by atoms with E-state index in [2.05, 4.69) is 27.8 Å². The van der Waals surface area contributed by atoms with Gasteiger partial charge in [0.15, 0.2) is 0 Å². The van der Waals surface area contributed by atoms with E-state index in [0.717, 1.165) is 46.8 Å². The molecule has 396 valence electrons. The van der Waals surface area contributed by atoms with Crippen LogP contribution in [0.15, 0.2) is 72.8 Å². The number of carbonyl (C=O) groups excluding carboxylic acids is 8. The molecule has 22 heteroatoms. The summed E-state index contributed by atoms with van der Waals surface area (Å²) in [6.07, 6.45) is 2.65. The fraction of sp³-hybridized carbons (Fsp3) is 0.434. The number of thiophene rings is 1. The first kappa shape index (κ1) is 54.6. The number of ether oxygens (including phenoxy) is 1. The number of nitrogens with zero attached hydrogens (tertiary/aromatic N) is 3. The number of rotatable bonds is 15. The number of imide groups is 2. The maximum atomic E-state index is 14.8. The lowest BCUT2D eigenvalue weighted by Gasteiger charge is -2.38. The lowest BCUT2D eigenvalue weighted by molar-refractivity contribution is -0.147. The molecule has 75 heavy (non-hydrogen) atoms. The standard InChI is InChI=1S/C53H57F2N6O12PS/c1-52(2,3)45(58-47(65)42-26-34-25-35(17-20-41(34)75-42)53(54,55)74(70,71)72)51(69)60-29-36(27-40(60)50(68)59-23-11-15-33(28-59)32-13-8-6-9-14-32)73-30-44(63)56-22-10-5-4-7-12-31-16-18-37-38(24-31)49(67)61(48(37)66)39-19-21-43(62)57-46(39)64/h6,8-9,13-14,16-18,20,24-26,33,36,39-40,45H,4-5,10-11,15,19,21-23,27-30H2,1-3H3,(H,56,63)(H,58,65)(H,57,62,64)(H2,70,71,72)/t33-,36-,39?,40-,45+/m0/s1. The summed E-state index contributed by atoms with van der Waals surface area (Å²) in [7, 11) is -5.85. The van der Waals surface area contributed by atoms with Crippen molar-refractivity contribution in [3.8, 4) is 11.8 Å². The van der Waals surface area contributed by atoms with Gasteiger partial charge in [-0.1, -0.05) is 69.0 Å². The number of halogens is 2. The van der Waals surface area contributed by atoms with Crippen molar-refractivity contribution in [2.24, 2.45) is 5.41 Å². The van der Waals surface area contributed by atoms with Gasteiger partial charge >= 0.3 is 13.3 Å². The highest BCUT2D eigenvalue weighted by atomic mass is 32.1. The van der Waals surface area contributed by atoms with Crippen LogP contribution < -0.4 is 16.0 Å². The maximum absolute atomic E-state index is 14.8. The summed E-state index contributed by atoms with van der Waals surface area (Å²) in [6, 6.07) is 15.5. The van der Waals surface area contributed by atoms with Gasteiger partial charge in [0.2, 0.25) is 29.5 Å². The number of piperidine rings is 2. The van der Waals surface area contributed by atoms with Crippen molar-refractivity contribution in [3.63, 3.8) is 0 Å². The molecule has 5 heterocycles. The Hall–Kier alpha value is -6.69. The zero-order valence-electron chi connectivity index (χ0n) is 41.4. The Kier molecular flexibility index (Phi) is 16.2. The van der Waals surface area contributed by atoms with Gasteiger partial charge in [-0.3, -0.25) is 53.1 Å². The third-order valence-corrected chi connectivity index (χ3v) is 16.0. The second kappa shape index (κ2) is 22.3. The molecule has 18 nitrogen and oxygen atoms in total. The minimum atomic E-state index is -5.85. The lowest BCUT2D eigenvalue weighted by atomic mass is 9.85. The van der Waals surface area contributed by atoms with Crippen molar-refractivity contribution < 1.29 is 66.2 Å². The molecule has 5 atom stereocenters. The molecule has 0 aliphatic carbocycles. The molecule has 8 rings (SSSR count). The number of hydrogen-bond acceptors (Lipinski definition) is 11. The molecule has 4 aliphatic heterocycles. The Balaban J connectivity index is 0.879. The molecule has 4 aliphatic rings. The molecule has 0 saturated carbocycles. The van der Waals surface area contributed by atoms with E-state index in [-0.39, 0.29) is 65.6 Å². The van der Waals surface area contributed by atoms with Crippen molar-refractivity contribution in [1.29, 1.82) is 0 Å². The van der Waals surface area contributed by atoms with E-state index >= 15 is 0 Å². The zero-order valence-corrected chi connectivity index (χ0v) is 43.1. The van der Waals surface area contributed by atoms with Crippen LogP contribution in [0.25, 0.3) is 10.1 Å². The predicted molar refractivity (Wildman–Crippen MR) is 270 cm³/mol. The highest BCUT2D eigenvalue weighted by molar-refractivity contribution is 7.52. The quantitative estimate of drug-likeness (QED) is 0.0435. The van der Waals surface area contributed by atoms with Crippen LogP contribution >= 0.6 is 18.9 Å². The van der Waals surface area contributed by atoms with E-state index in [1.807, 2.05) is 30.3 Å². The Morgan fingerprint density at radius 1 is 0.933 bits per heavy atom. The van der Waals surface area contributed by atoms with Gasteiger partial charge in [0.05, 0.1) is 22.1 Å². The second-order valence-electron chi connectivity index (χ2n) is 20.2. The Bertz CT molecular complexity index is 3060. The molecule has 1 aromatic heterocycles. The summed E-state index contributed by atoms with van der Waals surface area (Å²) in [4.78, 5) is 129. The summed E-state index contributed by atoms with van der Waals surface area (Å²) >= 11 is 0.942. The number of benzene rings is 3. The van der Waals surface area contributed by atoms with Crippen LogP contribution in [0, 0.1) is 17.3 Å². The molecule has 0 spiro atoms. The lowest BCUT2D eigenvalue weighted by Crippen LogP contribution is -2.58. The largest absolute Gasteiger partial charge is 0.399 e. The number of unbranched alkanes of at least 4 members (excludes halogenated alkanes) is 2. The minimum absolute atomic E-state index is 0.0148. The first-order valence-corrected chi connectivity index (χ1v) is 27.1. The van der Waals surface area contributed by atoms with Crippen molar-refractivity contribution in [3.05, 3.63) is 105 Å². The summed E-state index contributed by atoms with van der Waals surface area (Å²) in [6.45, 7) is 6.01. The number of carbonyl (C=O) groups is 8. The molecule has 5 N–H and O–H groups in total. The fourth-order valence-corrected chi connectivity index (χ4v) is 11.3. The predicted octanol–water partition coefficient (Wildman–Crippen LogP) is 5.40. The summed E-state index contributed by atoms with van der Waals surface area (Å²) in [5.74, 6) is 1.75. The molecular formula is C53H57F2N6O12PS. The summed E-state index contributed by atoms with van der Waals surface area (Å²) in [5, 5.41) is 7.95. The molecule has 3 saturated heterocycles. The van der Waals surface area contributed by atoms with Gasteiger partial charge in [-0.2, -0.15) is 8.78 Å². The third kappa shape index (κ3) is 12.1. The minimum Gasteiger partial charge on any atom is -0.366 e. The Morgan fingerprint density at radius 3 is 2.40 bits per heavy atom. The molecule has 1 unspecified atom stereocenters. The van der Waals surface area contributed by atoms with Gasteiger partial charge in [-0.05, 0) is 84.9 Å². The van der Waals surface area contributed by atoms with Gasteiger partial charge in [-0.15, -0.1) is 11.3 Å². The first-order valence-electron chi connectivity index (χ1n) is 24.7. The molecular weight excluding hydrogens is 1010 g/mol. The number of alkyl halides is 2. The highest BCUT2D eigenvalue weighted by Crippen LogP contribution is 2.59. The zero-order chi connectivity index (χ0) is 54.0. The summed E-state index contributed by atoms with van der Waals surface area (Å²) in [5.41, 5.74) is -4.42. The van der Waals surface area contributed by atoms with E-state index in [1.165, 1.54) is 29.2 Å². The van der Waals surface area contributed by atoms with E-state index in [0.29, 0.717) is 49.2 Å². The maximum Gasteiger partial charge on any atom is 0.399 e. The van der Waals surface area contributed by atoms with Crippen LogP contribution in [-0.2, 0) is 38.9 Å². The molecule has 3 aromatic carbocycles. The van der Waals surface area contributed by atoms with Crippen molar-refractivity contribution in [1.82, 2.24) is 30.7 Å². The van der Waals surface area contributed by atoms with Gasteiger partial charge in [0, 0.05) is 67.2 Å². The van der Waals surface area contributed by atoms with Crippen LogP contribution in [0.1, 0.15) is 125 Å². The molecule has 3 fully saturated rings. The van der Waals surface area contributed by atoms with Crippen LogP contribution in [0.4, 0.5) is 8.78 Å². The smallest absolute Gasteiger partial charge is 0.366 e. The van der Waals surface area contributed by atoms with Crippen LogP contribution in [-0.4, -0.2) is 129 Å². The first-order chi connectivity index (χ1) is 35.5. The number of nitrogens with one attached hydrogen (secondary N) is 3. The van der Waals surface area contributed by atoms with Crippen molar-refractivity contribution >= 4 is 76.3 Å². The van der Waals surface area contributed by atoms with E-state index < -0.39 is 89.8 Å². The number of amides is 8. The van der Waals surface area contributed by atoms with Crippen molar-refractivity contribution in [2.45, 2.75) is 108 Å². The van der Waals surface area contributed by atoms with Gasteiger partial charge < -0.3 is 35.0 Å². The third-order valence-electron chi connectivity index (χ3n) is 13.8. The monoisotopic (exact) mass is 1070 g/mol. The van der Waals surface area contributed by atoms with E-state index in [1.54, 1.807) is 31.7 Å². The molecule has 0 radical (unpaired) electrons. The molecule has 8 amide bonds. The summed E-state index contributed by atoms with van der Waals surface area (Å²) < 4.78 is 47.2. The normalized spacial score (nSPS) is 20.6. The van der Waals surface area contributed by atoms with Gasteiger partial charge in [0.1, 0.15) is 24.7 Å².